The van der Waals surface area contributed by atoms with Crippen LogP contribution in [0.3, 0.4) is 0 Å². The third kappa shape index (κ3) is 6.13. The van der Waals surface area contributed by atoms with Crippen molar-refractivity contribution < 1.29 is 9.53 Å². The minimum atomic E-state index is -0.125. The van der Waals surface area contributed by atoms with Gasteiger partial charge < -0.3 is 20.3 Å². The second kappa shape index (κ2) is 11.2. The molecule has 1 aromatic heterocycles. The predicted molar refractivity (Wildman–Crippen MR) is 148 cm³/mol. The largest absolute Gasteiger partial charge is 0.378 e. The van der Waals surface area contributed by atoms with Crippen LogP contribution in [0.15, 0.2) is 85.2 Å². The Bertz CT molecular complexity index is 1370. The number of hydrogen-bond acceptors (Lipinski definition) is 6. The van der Waals surface area contributed by atoms with Crippen LogP contribution >= 0.6 is 0 Å². The molecule has 188 valence electrons. The fraction of sp³-hybridized carbons (Fsp3) is 0.233. The molecule has 2 N–H and O–H groups in total. The highest BCUT2D eigenvalue weighted by atomic mass is 16.5. The third-order valence-corrected chi connectivity index (χ3v) is 6.46. The number of aromatic nitrogens is 2. The molecule has 1 aliphatic rings. The lowest BCUT2D eigenvalue weighted by Crippen LogP contribution is -2.36. The maximum absolute atomic E-state index is 12.7. The van der Waals surface area contributed by atoms with Crippen molar-refractivity contribution in [1.29, 1.82) is 0 Å². The molecule has 7 nitrogen and oxygen atoms in total. The highest BCUT2D eigenvalue weighted by Gasteiger charge is 2.13. The fourth-order valence-corrected chi connectivity index (χ4v) is 4.42. The Balaban J connectivity index is 1.25. The van der Waals surface area contributed by atoms with Crippen LogP contribution < -0.4 is 15.5 Å². The lowest BCUT2D eigenvalue weighted by Gasteiger charge is -2.28. The maximum Gasteiger partial charge on any atom is 0.255 e. The van der Waals surface area contributed by atoms with Crippen LogP contribution in [-0.4, -0.2) is 42.2 Å². The first-order valence-corrected chi connectivity index (χ1v) is 12.5. The molecule has 0 aliphatic carbocycles. The Morgan fingerprint density at radius 2 is 1.76 bits per heavy atom. The summed E-state index contributed by atoms with van der Waals surface area (Å²) in [6.45, 7) is 7.39. The summed E-state index contributed by atoms with van der Waals surface area (Å²) in [7, 11) is 0. The van der Waals surface area contributed by atoms with Crippen LogP contribution in [0.2, 0.25) is 0 Å². The number of nitrogens with zero attached hydrogens (tertiary/aromatic N) is 3. The van der Waals surface area contributed by atoms with Crippen LogP contribution in [0, 0.1) is 6.92 Å². The molecule has 0 saturated carbocycles. The van der Waals surface area contributed by atoms with E-state index < -0.39 is 0 Å². The molecule has 4 aromatic rings. The zero-order chi connectivity index (χ0) is 25.6. The first-order valence-electron chi connectivity index (χ1n) is 12.5. The second-order valence-corrected chi connectivity index (χ2v) is 9.25. The lowest BCUT2D eigenvalue weighted by atomic mass is 10.1. The van der Waals surface area contributed by atoms with Crippen LogP contribution in [0.25, 0.3) is 11.3 Å². The standard InChI is InChI=1S/C30H31N5O2/c1-21-5-3-7-25(17-21)30(36)33-26-8-4-6-24(18-26)22(2)32-29-20-31-19-28(34-29)23-9-11-27(12-10-23)35-13-15-37-16-14-35/h3-12,17-20,22H,13-16H2,1-2H3,(H,32,34)(H,33,36)/t22-/m0/s1. The minimum absolute atomic E-state index is 0.0379. The van der Waals surface area contributed by atoms with Crippen LogP contribution in [-0.2, 0) is 4.74 Å². The van der Waals surface area contributed by atoms with Crippen molar-refractivity contribution in [3.8, 4) is 11.3 Å². The SMILES string of the molecule is Cc1cccc(C(=O)Nc2cccc([C@H](C)Nc3cncc(-c4ccc(N5CCOCC5)cc4)n3)c2)c1. The van der Waals surface area contributed by atoms with Gasteiger partial charge in [0.1, 0.15) is 5.82 Å². The smallest absolute Gasteiger partial charge is 0.255 e. The fourth-order valence-electron chi connectivity index (χ4n) is 4.42. The summed E-state index contributed by atoms with van der Waals surface area (Å²) in [5, 5.41) is 6.44. The first-order chi connectivity index (χ1) is 18.0. The number of nitrogens with one attached hydrogen (secondary N) is 2. The number of morpholine rings is 1. The summed E-state index contributed by atoms with van der Waals surface area (Å²) in [5.41, 5.74) is 6.49. The van der Waals surface area contributed by atoms with Crippen molar-refractivity contribution >= 4 is 23.1 Å². The van der Waals surface area contributed by atoms with Gasteiger partial charge in [-0.05, 0) is 55.8 Å². The molecule has 0 unspecified atom stereocenters. The van der Waals surface area contributed by atoms with Gasteiger partial charge in [-0.2, -0.15) is 0 Å². The molecule has 0 radical (unpaired) electrons. The van der Waals surface area contributed by atoms with Crippen LogP contribution in [0.5, 0.6) is 0 Å². The van der Waals surface area contributed by atoms with Gasteiger partial charge in [0, 0.05) is 35.6 Å². The average Bonchev–Trinajstić information content (AvgIpc) is 2.94. The van der Waals surface area contributed by atoms with E-state index in [0.717, 1.165) is 54.4 Å². The summed E-state index contributed by atoms with van der Waals surface area (Å²) in [6.07, 6.45) is 3.51. The number of aryl methyl sites for hydroxylation is 1. The Labute approximate surface area is 217 Å². The normalized spacial score (nSPS) is 14.2. The Kier molecular flexibility index (Phi) is 7.42. The van der Waals surface area contributed by atoms with Crippen molar-refractivity contribution in [3.63, 3.8) is 0 Å². The Hall–Kier alpha value is -4.23. The minimum Gasteiger partial charge on any atom is -0.378 e. The number of benzene rings is 3. The lowest BCUT2D eigenvalue weighted by molar-refractivity contribution is 0.102. The van der Waals surface area contributed by atoms with E-state index in [2.05, 4.69) is 51.7 Å². The van der Waals surface area contributed by atoms with Gasteiger partial charge in [-0.25, -0.2) is 4.98 Å². The predicted octanol–water partition coefficient (Wildman–Crippen LogP) is 5.71. The van der Waals surface area contributed by atoms with Gasteiger partial charge >= 0.3 is 0 Å². The van der Waals surface area contributed by atoms with E-state index in [-0.39, 0.29) is 11.9 Å². The molecule has 1 saturated heterocycles. The summed E-state index contributed by atoms with van der Waals surface area (Å²) in [5.74, 6) is 0.566. The molecule has 1 atom stereocenters. The van der Waals surface area contributed by atoms with E-state index in [9.17, 15) is 4.79 Å². The molecule has 37 heavy (non-hydrogen) atoms. The van der Waals surface area contributed by atoms with E-state index in [0.29, 0.717) is 11.4 Å². The van der Waals surface area contributed by atoms with E-state index in [1.54, 1.807) is 12.4 Å². The van der Waals surface area contributed by atoms with Gasteiger partial charge in [0.2, 0.25) is 0 Å². The monoisotopic (exact) mass is 493 g/mol. The molecule has 1 amide bonds. The van der Waals surface area contributed by atoms with Crippen LogP contribution in [0.1, 0.15) is 34.5 Å². The second-order valence-electron chi connectivity index (χ2n) is 9.25. The summed E-state index contributed by atoms with van der Waals surface area (Å²) < 4.78 is 5.45. The molecule has 5 rings (SSSR count). The van der Waals surface area contributed by atoms with Crippen molar-refractivity contribution in [2.45, 2.75) is 19.9 Å². The Morgan fingerprint density at radius 3 is 2.54 bits per heavy atom. The molecule has 0 bridgehead atoms. The topological polar surface area (TPSA) is 79.4 Å². The van der Waals surface area contributed by atoms with E-state index in [1.807, 2.05) is 55.5 Å². The van der Waals surface area contributed by atoms with E-state index in [4.69, 9.17) is 9.72 Å². The number of ether oxygens (including phenoxy) is 1. The molecule has 1 aliphatic heterocycles. The van der Waals surface area contributed by atoms with Crippen molar-refractivity contribution in [2.75, 3.05) is 41.8 Å². The number of hydrogen-bond donors (Lipinski definition) is 2. The summed E-state index contributed by atoms with van der Waals surface area (Å²) in [6, 6.07) is 23.8. The van der Waals surface area contributed by atoms with E-state index >= 15 is 0 Å². The number of rotatable bonds is 7. The summed E-state index contributed by atoms with van der Waals surface area (Å²) in [4.78, 5) is 24.2. The van der Waals surface area contributed by atoms with Gasteiger partial charge in [-0.15, -0.1) is 0 Å². The molecule has 1 fully saturated rings. The highest BCUT2D eigenvalue weighted by molar-refractivity contribution is 6.04. The molecular weight excluding hydrogens is 462 g/mol. The van der Waals surface area contributed by atoms with Gasteiger partial charge in [-0.1, -0.05) is 42.0 Å². The molecular formula is C30H31N5O2. The van der Waals surface area contributed by atoms with Crippen LogP contribution in [0.4, 0.5) is 17.2 Å². The van der Waals surface area contributed by atoms with Gasteiger partial charge in [-0.3, -0.25) is 9.78 Å². The first kappa shape index (κ1) is 24.5. The molecule has 2 heterocycles. The number of amides is 1. The van der Waals surface area contributed by atoms with E-state index in [1.165, 1.54) is 5.69 Å². The zero-order valence-electron chi connectivity index (χ0n) is 21.1. The van der Waals surface area contributed by atoms with Gasteiger partial charge in [0.15, 0.2) is 0 Å². The van der Waals surface area contributed by atoms with Crippen molar-refractivity contribution in [3.05, 3.63) is 102 Å². The average molecular weight is 494 g/mol. The Morgan fingerprint density at radius 1 is 0.973 bits per heavy atom. The molecule has 7 heteroatoms. The number of carbonyl (C=O) groups is 1. The summed E-state index contributed by atoms with van der Waals surface area (Å²) >= 11 is 0. The highest BCUT2D eigenvalue weighted by Crippen LogP contribution is 2.25. The molecule has 0 spiro atoms. The van der Waals surface area contributed by atoms with Gasteiger partial charge in [0.05, 0.1) is 37.3 Å². The van der Waals surface area contributed by atoms with Gasteiger partial charge in [0.25, 0.3) is 5.91 Å². The quantitative estimate of drug-likeness (QED) is 0.343. The number of carbonyl (C=O) groups excluding carboxylic acids is 1. The third-order valence-electron chi connectivity index (χ3n) is 6.46. The zero-order valence-corrected chi connectivity index (χ0v) is 21.1. The maximum atomic E-state index is 12.7. The molecule has 3 aromatic carbocycles. The van der Waals surface area contributed by atoms with Crippen molar-refractivity contribution in [1.82, 2.24) is 9.97 Å². The van der Waals surface area contributed by atoms with Crippen molar-refractivity contribution in [2.24, 2.45) is 0 Å². The number of anilines is 3.